The minimum atomic E-state index is -0.194. The number of hydrogen-bond donors (Lipinski definition) is 2. The van der Waals surface area contributed by atoms with Gasteiger partial charge >= 0.3 is 6.03 Å². The molecule has 2 aliphatic carbocycles. The van der Waals surface area contributed by atoms with E-state index in [1.54, 1.807) is 7.11 Å². The molecule has 0 heterocycles. The van der Waals surface area contributed by atoms with Crippen LogP contribution in [-0.4, -0.2) is 19.2 Å². The molecular weight excluding hydrogens is 324 g/mol. The third-order valence-electron chi connectivity index (χ3n) is 5.49. The van der Waals surface area contributed by atoms with Gasteiger partial charge in [0.2, 0.25) is 0 Å². The third kappa shape index (κ3) is 3.51. The predicted octanol–water partition coefficient (Wildman–Crippen LogP) is 4.85. The molecule has 3 unspecified atom stereocenters. The van der Waals surface area contributed by atoms with Crippen LogP contribution in [0.5, 0.6) is 0 Å². The number of allylic oxidation sites excluding steroid dienone is 4. The number of ether oxygens (including phenoxy) is 1. The van der Waals surface area contributed by atoms with Gasteiger partial charge < -0.3 is 15.4 Å². The molecule has 2 aliphatic rings. The van der Waals surface area contributed by atoms with E-state index < -0.39 is 0 Å². The molecule has 134 valence electrons. The summed E-state index contributed by atoms with van der Waals surface area (Å²) in [5, 5.41) is 8.29. The zero-order valence-electron chi connectivity index (χ0n) is 14.9. The van der Waals surface area contributed by atoms with Crippen LogP contribution in [0.25, 0.3) is 10.8 Å². The van der Waals surface area contributed by atoms with Gasteiger partial charge in [0.05, 0.1) is 6.10 Å². The number of benzene rings is 2. The summed E-state index contributed by atoms with van der Waals surface area (Å²) in [7, 11) is 1.77. The third-order valence-corrected chi connectivity index (χ3v) is 5.49. The first-order valence-corrected chi connectivity index (χ1v) is 9.21. The first-order valence-electron chi connectivity index (χ1n) is 9.21. The molecular formula is C22H24N2O2. The Kier molecular flexibility index (Phi) is 4.76. The second-order valence-electron chi connectivity index (χ2n) is 7.09. The van der Waals surface area contributed by atoms with Crippen LogP contribution in [0.2, 0.25) is 0 Å². The molecule has 1 saturated carbocycles. The Labute approximate surface area is 153 Å². The lowest BCUT2D eigenvalue weighted by Crippen LogP contribution is -2.38. The Hall–Kier alpha value is -2.59. The molecule has 4 heteroatoms. The molecule has 2 N–H and O–H groups in total. The molecule has 0 bridgehead atoms. The zero-order chi connectivity index (χ0) is 17.9. The average Bonchev–Trinajstić information content (AvgIpc) is 2.68. The van der Waals surface area contributed by atoms with Crippen molar-refractivity contribution in [2.24, 2.45) is 11.8 Å². The number of rotatable bonds is 3. The fraction of sp³-hybridized carbons (Fsp3) is 0.318. The number of fused-ring (bicyclic) bond motifs is 2. The monoisotopic (exact) mass is 348 g/mol. The molecule has 0 aliphatic heterocycles. The quantitative estimate of drug-likeness (QED) is 0.833. The molecule has 26 heavy (non-hydrogen) atoms. The van der Waals surface area contributed by atoms with Crippen molar-refractivity contribution in [3.8, 4) is 0 Å². The smallest absolute Gasteiger partial charge is 0.323 e. The zero-order valence-corrected chi connectivity index (χ0v) is 14.9. The van der Waals surface area contributed by atoms with Crippen molar-refractivity contribution in [3.05, 3.63) is 66.4 Å². The van der Waals surface area contributed by atoms with E-state index in [2.05, 4.69) is 28.9 Å². The summed E-state index contributed by atoms with van der Waals surface area (Å²) in [6.07, 6.45) is 9.73. The Morgan fingerprint density at radius 2 is 1.92 bits per heavy atom. The molecule has 2 aromatic carbocycles. The summed E-state index contributed by atoms with van der Waals surface area (Å²) < 4.78 is 5.55. The molecule has 4 nitrogen and oxygen atoms in total. The molecule has 0 aromatic heterocycles. The van der Waals surface area contributed by atoms with Crippen molar-refractivity contribution in [2.45, 2.75) is 25.4 Å². The van der Waals surface area contributed by atoms with Crippen molar-refractivity contribution in [1.82, 2.24) is 5.32 Å². The van der Waals surface area contributed by atoms with E-state index in [1.807, 2.05) is 42.5 Å². The lowest BCUT2D eigenvalue weighted by molar-refractivity contribution is 0.0439. The van der Waals surface area contributed by atoms with Crippen molar-refractivity contribution in [3.63, 3.8) is 0 Å². The number of methoxy groups -OCH3 is 1. The van der Waals surface area contributed by atoms with Gasteiger partial charge in [-0.2, -0.15) is 0 Å². The molecule has 3 atom stereocenters. The fourth-order valence-electron chi connectivity index (χ4n) is 4.08. The standard InChI is InChI=1S/C22H24N2O2/c1-26-19-12-10-16-7-4-8-21(20(16)14-19)24-22(25)23-18-11-9-15-5-2-3-6-17(15)13-18/h2-9,11,13,16,19-20H,10,12,14H2,1H3,(H2,23,24,25). The van der Waals surface area contributed by atoms with Gasteiger partial charge in [-0.15, -0.1) is 0 Å². The highest BCUT2D eigenvalue weighted by molar-refractivity contribution is 5.94. The maximum absolute atomic E-state index is 12.5. The highest BCUT2D eigenvalue weighted by atomic mass is 16.5. The van der Waals surface area contributed by atoms with Crippen LogP contribution in [0.15, 0.2) is 66.4 Å². The summed E-state index contributed by atoms with van der Waals surface area (Å²) >= 11 is 0. The van der Waals surface area contributed by atoms with Crippen LogP contribution in [0, 0.1) is 11.8 Å². The fourth-order valence-corrected chi connectivity index (χ4v) is 4.08. The van der Waals surface area contributed by atoms with E-state index in [1.165, 1.54) is 0 Å². The molecule has 2 amide bonds. The number of hydrogen-bond acceptors (Lipinski definition) is 2. The molecule has 2 aromatic rings. The summed E-state index contributed by atoms with van der Waals surface area (Å²) in [5.74, 6) is 0.809. The first kappa shape index (κ1) is 16.9. The van der Waals surface area contributed by atoms with Crippen LogP contribution in [-0.2, 0) is 4.74 Å². The lowest BCUT2D eigenvalue weighted by atomic mass is 9.74. The topological polar surface area (TPSA) is 50.4 Å². The molecule has 1 fully saturated rings. The maximum Gasteiger partial charge on any atom is 0.323 e. The second kappa shape index (κ2) is 7.34. The van der Waals surface area contributed by atoms with Gasteiger partial charge in [-0.25, -0.2) is 4.79 Å². The largest absolute Gasteiger partial charge is 0.381 e. The molecule has 0 spiro atoms. The van der Waals surface area contributed by atoms with E-state index in [4.69, 9.17) is 4.74 Å². The van der Waals surface area contributed by atoms with E-state index in [0.717, 1.165) is 41.4 Å². The number of carbonyl (C=O) groups excluding carboxylic acids is 1. The van der Waals surface area contributed by atoms with Crippen LogP contribution >= 0.6 is 0 Å². The van der Waals surface area contributed by atoms with Crippen LogP contribution in [0.1, 0.15) is 19.3 Å². The number of anilines is 1. The number of carbonyl (C=O) groups is 1. The van der Waals surface area contributed by atoms with Gasteiger partial charge in [0.1, 0.15) is 0 Å². The van der Waals surface area contributed by atoms with Crippen molar-refractivity contribution >= 4 is 22.5 Å². The van der Waals surface area contributed by atoms with Gasteiger partial charge in [-0.1, -0.05) is 42.5 Å². The Morgan fingerprint density at radius 1 is 1.08 bits per heavy atom. The first-order chi connectivity index (χ1) is 12.7. The number of nitrogens with one attached hydrogen (secondary N) is 2. The minimum Gasteiger partial charge on any atom is -0.381 e. The summed E-state index contributed by atoms with van der Waals surface area (Å²) in [6.45, 7) is 0. The van der Waals surface area contributed by atoms with Crippen LogP contribution in [0.4, 0.5) is 10.5 Å². The highest BCUT2D eigenvalue weighted by Gasteiger charge is 2.33. The minimum absolute atomic E-state index is 0.194. The molecule has 0 saturated heterocycles. The lowest BCUT2D eigenvalue weighted by Gasteiger charge is -2.37. The van der Waals surface area contributed by atoms with Crippen molar-refractivity contribution < 1.29 is 9.53 Å². The van der Waals surface area contributed by atoms with Gasteiger partial charge in [-0.3, -0.25) is 0 Å². The number of urea groups is 1. The number of amides is 2. The summed E-state index contributed by atoms with van der Waals surface area (Å²) in [5.41, 5.74) is 1.78. The Balaban J connectivity index is 1.44. The van der Waals surface area contributed by atoms with E-state index in [9.17, 15) is 4.79 Å². The Morgan fingerprint density at radius 3 is 2.77 bits per heavy atom. The van der Waals surface area contributed by atoms with Crippen molar-refractivity contribution in [1.29, 1.82) is 0 Å². The van der Waals surface area contributed by atoms with Crippen molar-refractivity contribution in [2.75, 3.05) is 12.4 Å². The van der Waals surface area contributed by atoms with Crippen LogP contribution < -0.4 is 10.6 Å². The van der Waals surface area contributed by atoms with Crippen LogP contribution in [0.3, 0.4) is 0 Å². The molecule has 4 rings (SSSR count). The molecule has 0 radical (unpaired) electrons. The highest BCUT2D eigenvalue weighted by Crippen LogP contribution is 2.38. The summed E-state index contributed by atoms with van der Waals surface area (Å²) in [6, 6.07) is 13.9. The second-order valence-corrected chi connectivity index (χ2v) is 7.09. The van der Waals surface area contributed by atoms with E-state index >= 15 is 0 Å². The normalized spacial score (nSPS) is 24.7. The van der Waals surface area contributed by atoms with E-state index in [0.29, 0.717) is 11.8 Å². The van der Waals surface area contributed by atoms with Gasteiger partial charge in [-0.05, 0) is 54.2 Å². The summed E-state index contributed by atoms with van der Waals surface area (Å²) in [4.78, 5) is 12.5. The predicted molar refractivity (Wildman–Crippen MR) is 105 cm³/mol. The Bertz CT molecular complexity index is 871. The average molecular weight is 348 g/mol. The van der Waals surface area contributed by atoms with E-state index in [-0.39, 0.29) is 12.1 Å². The van der Waals surface area contributed by atoms with Gasteiger partial charge in [0.25, 0.3) is 0 Å². The van der Waals surface area contributed by atoms with Gasteiger partial charge in [0.15, 0.2) is 0 Å². The SMILES string of the molecule is COC1CCC2C=CC=C(NC(=O)Nc3ccc4ccccc4c3)C2C1. The maximum atomic E-state index is 12.5. The van der Waals surface area contributed by atoms with Gasteiger partial charge in [0, 0.05) is 24.4 Å².